The van der Waals surface area contributed by atoms with E-state index in [0.717, 1.165) is 16.3 Å². The molecule has 2 heterocycles. The Morgan fingerprint density at radius 2 is 1.85 bits per heavy atom. The summed E-state index contributed by atoms with van der Waals surface area (Å²) in [6, 6.07) is 11.6. The zero-order chi connectivity index (χ0) is 33.1. The molecule has 1 fully saturated rings. The molecule has 0 spiro atoms. The lowest BCUT2D eigenvalue weighted by Crippen LogP contribution is -2.56. The second-order valence-corrected chi connectivity index (χ2v) is 11.9. The fourth-order valence-electron chi connectivity index (χ4n) is 5.62. The number of hydrogen-bond donors (Lipinski definition) is 5. The molecule has 1 aliphatic rings. The second-order valence-electron chi connectivity index (χ2n) is 11.9. The van der Waals surface area contributed by atoms with Crippen LogP contribution < -0.4 is 16.0 Å². The van der Waals surface area contributed by atoms with Crippen molar-refractivity contribution in [2.24, 2.45) is 5.92 Å². The monoisotopic (exact) mass is 635 g/mol. The van der Waals surface area contributed by atoms with Gasteiger partial charge in [0, 0.05) is 38.0 Å². The van der Waals surface area contributed by atoms with Crippen molar-refractivity contribution in [1.82, 2.24) is 25.9 Å². The Balaban J connectivity index is 1.58. The Morgan fingerprint density at radius 3 is 2.54 bits per heavy atom. The van der Waals surface area contributed by atoms with Crippen LogP contribution in [0.4, 0.5) is 0 Å². The zero-order valence-corrected chi connectivity index (χ0v) is 26.7. The van der Waals surface area contributed by atoms with E-state index in [-0.39, 0.29) is 25.0 Å². The molecule has 248 valence electrons. The Kier molecular flexibility index (Phi) is 12.8. The lowest BCUT2D eigenvalue weighted by molar-refractivity contribution is -0.159. The molecule has 1 aromatic heterocycles. The number of carbonyl (C=O) groups is 4. The van der Waals surface area contributed by atoms with Crippen molar-refractivity contribution in [1.29, 1.82) is 0 Å². The molecule has 0 aliphatic carbocycles. The highest BCUT2D eigenvalue weighted by molar-refractivity contribution is 5.93. The number of fused-ring (bicyclic) bond motifs is 1. The summed E-state index contributed by atoms with van der Waals surface area (Å²) in [5, 5.41) is 21.5. The minimum absolute atomic E-state index is 0.0387. The van der Waals surface area contributed by atoms with Crippen molar-refractivity contribution in [3.63, 3.8) is 0 Å². The van der Waals surface area contributed by atoms with Gasteiger partial charge in [0.05, 0.1) is 30.8 Å². The highest BCUT2D eigenvalue weighted by atomic mass is 16.6. The molecule has 5 atom stereocenters. The number of esters is 1. The highest BCUT2D eigenvalue weighted by Crippen LogP contribution is 2.24. The molecule has 0 saturated carbocycles. The molecule has 4 rings (SSSR count). The highest BCUT2D eigenvalue weighted by Gasteiger charge is 2.34. The van der Waals surface area contributed by atoms with Gasteiger partial charge in [-0.15, -0.1) is 0 Å². The van der Waals surface area contributed by atoms with Gasteiger partial charge in [0.1, 0.15) is 12.1 Å². The number of nitrogens with one attached hydrogen (secondary N) is 4. The molecule has 12 heteroatoms. The van der Waals surface area contributed by atoms with Gasteiger partial charge in [0.15, 0.2) is 11.9 Å². The maximum Gasteiger partial charge on any atom is 0.337 e. The van der Waals surface area contributed by atoms with Crippen molar-refractivity contribution >= 4 is 34.3 Å². The Hall–Kier alpha value is -4.13. The van der Waals surface area contributed by atoms with E-state index in [0.29, 0.717) is 38.2 Å². The number of benzene rings is 2. The number of H-pyrrole nitrogens is 1. The number of ketones is 1. The first-order valence-corrected chi connectivity index (χ1v) is 15.9. The number of imidazole rings is 1. The van der Waals surface area contributed by atoms with Crippen molar-refractivity contribution in [3.05, 3.63) is 66.2 Å². The summed E-state index contributed by atoms with van der Waals surface area (Å²) in [6.07, 6.45) is 1.48. The van der Waals surface area contributed by atoms with Crippen LogP contribution in [-0.2, 0) is 41.5 Å². The molecule has 3 unspecified atom stereocenters. The van der Waals surface area contributed by atoms with Crippen LogP contribution in [0.25, 0.3) is 10.8 Å². The van der Waals surface area contributed by atoms with Crippen LogP contribution in [0.15, 0.2) is 55.0 Å². The molecule has 1 aliphatic heterocycles. The standard InChI is InChI=1S/C34H45N5O7/c1-4-8-27(31(41)34(44)46-21(2)3)38-33(43)28(17-25-18-36-20-37-25)39-32(42)24(16-29(40)30-19-35-13-14-45-30)15-23-11-7-10-22-9-5-6-12-26(22)23/h5-7,9-12,18,20-21,24,27-28,30-31,35,41H,4,8,13-17,19H2,1-3H3,(H,36,37)(H,38,43)(H,39,42)/t24?,27-,28-,30?,31?/m0/s1. The summed E-state index contributed by atoms with van der Waals surface area (Å²) in [5.41, 5.74) is 1.42. The largest absolute Gasteiger partial charge is 0.461 e. The Morgan fingerprint density at radius 1 is 1.07 bits per heavy atom. The van der Waals surface area contributed by atoms with Gasteiger partial charge in [0.2, 0.25) is 11.8 Å². The topological polar surface area (TPSA) is 172 Å². The van der Waals surface area contributed by atoms with Gasteiger partial charge in [-0.05, 0) is 43.0 Å². The predicted octanol–water partition coefficient (Wildman–Crippen LogP) is 1.99. The second kappa shape index (κ2) is 17.0. The van der Waals surface area contributed by atoms with E-state index in [1.165, 1.54) is 6.33 Å². The van der Waals surface area contributed by atoms with E-state index in [1.54, 1.807) is 20.0 Å². The van der Waals surface area contributed by atoms with Crippen LogP contribution in [0, 0.1) is 5.92 Å². The average molecular weight is 636 g/mol. The number of aliphatic hydroxyl groups excluding tert-OH is 1. The molecule has 12 nitrogen and oxygen atoms in total. The number of morpholine rings is 1. The fourth-order valence-corrected chi connectivity index (χ4v) is 5.62. The number of aromatic nitrogens is 2. The van der Waals surface area contributed by atoms with E-state index in [1.807, 2.05) is 49.4 Å². The first-order chi connectivity index (χ1) is 22.2. The minimum atomic E-state index is -1.59. The van der Waals surface area contributed by atoms with Crippen molar-refractivity contribution in [2.75, 3.05) is 19.7 Å². The smallest absolute Gasteiger partial charge is 0.337 e. The first kappa shape index (κ1) is 34.7. The van der Waals surface area contributed by atoms with Crippen LogP contribution in [-0.4, -0.2) is 88.7 Å². The quantitative estimate of drug-likeness (QED) is 0.148. The number of rotatable bonds is 16. The van der Waals surface area contributed by atoms with Gasteiger partial charge in [-0.1, -0.05) is 55.8 Å². The lowest BCUT2D eigenvalue weighted by atomic mass is 9.89. The molecule has 3 aromatic rings. The molecule has 0 bridgehead atoms. The van der Waals surface area contributed by atoms with E-state index in [2.05, 4.69) is 25.9 Å². The van der Waals surface area contributed by atoms with Crippen molar-refractivity contribution in [2.45, 2.75) is 83.3 Å². The van der Waals surface area contributed by atoms with Crippen LogP contribution in [0.3, 0.4) is 0 Å². The summed E-state index contributed by atoms with van der Waals surface area (Å²) in [4.78, 5) is 60.7. The first-order valence-electron chi connectivity index (χ1n) is 15.9. The van der Waals surface area contributed by atoms with Gasteiger partial charge in [-0.25, -0.2) is 9.78 Å². The third-order valence-corrected chi connectivity index (χ3v) is 7.95. The van der Waals surface area contributed by atoms with E-state index >= 15 is 0 Å². The van der Waals surface area contributed by atoms with E-state index < -0.39 is 54.1 Å². The van der Waals surface area contributed by atoms with Crippen LogP contribution in [0.5, 0.6) is 0 Å². The lowest BCUT2D eigenvalue weighted by Gasteiger charge is -2.28. The normalized spacial score (nSPS) is 17.5. The van der Waals surface area contributed by atoms with Gasteiger partial charge in [-0.2, -0.15) is 0 Å². The zero-order valence-electron chi connectivity index (χ0n) is 26.7. The number of aromatic amines is 1. The van der Waals surface area contributed by atoms with Crippen LogP contribution in [0.2, 0.25) is 0 Å². The molecule has 0 radical (unpaired) electrons. The number of nitrogens with zero attached hydrogens (tertiary/aromatic N) is 1. The molecule has 1 saturated heterocycles. The molecule has 46 heavy (non-hydrogen) atoms. The van der Waals surface area contributed by atoms with Crippen molar-refractivity contribution in [3.8, 4) is 0 Å². The third-order valence-electron chi connectivity index (χ3n) is 7.95. The van der Waals surface area contributed by atoms with Crippen molar-refractivity contribution < 1.29 is 33.8 Å². The molecule has 2 aromatic carbocycles. The minimum Gasteiger partial charge on any atom is -0.461 e. The number of aliphatic hydroxyl groups is 1. The predicted molar refractivity (Wildman–Crippen MR) is 172 cm³/mol. The van der Waals surface area contributed by atoms with Gasteiger partial charge < -0.3 is 35.5 Å². The molecular weight excluding hydrogens is 590 g/mol. The number of carbonyl (C=O) groups excluding carboxylic acids is 4. The maximum absolute atomic E-state index is 14.1. The number of ether oxygens (including phenoxy) is 2. The summed E-state index contributed by atoms with van der Waals surface area (Å²) in [6.45, 7) is 6.62. The van der Waals surface area contributed by atoms with Crippen LogP contribution in [0.1, 0.15) is 51.3 Å². The van der Waals surface area contributed by atoms with Gasteiger partial charge in [-0.3, -0.25) is 14.4 Å². The number of Topliss-reactive ketones (excluding diaryl/α,β-unsaturated/α-hetero) is 1. The number of amides is 2. The Labute approximate surface area is 269 Å². The van der Waals surface area contributed by atoms with Gasteiger partial charge >= 0.3 is 5.97 Å². The molecule has 5 N–H and O–H groups in total. The summed E-state index contributed by atoms with van der Waals surface area (Å²) >= 11 is 0. The maximum atomic E-state index is 14.1. The van der Waals surface area contributed by atoms with E-state index in [9.17, 15) is 24.3 Å². The van der Waals surface area contributed by atoms with Crippen LogP contribution >= 0.6 is 0 Å². The number of hydrogen-bond acceptors (Lipinski definition) is 9. The van der Waals surface area contributed by atoms with Gasteiger partial charge in [0.25, 0.3) is 0 Å². The summed E-state index contributed by atoms with van der Waals surface area (Å²) in [7, 11) is 0. The SMILES string of the molecule is CCC[C@H](NC(=O)[C@H](Cc1c[nH]cn1)NC(=O)C(CC(=O)C1CNCCO1)Cc1cccc2ccccc12)C(O)C(=O)OC(C)C. The summed E-state index contributed by atoms with van der Waals surface area (Å²) in [5.74, 6) is -2.92. The molecular formula is C34H45N5O7. The average Bonchev–Trinajstić information content (AvgIpc) is 3.57. The summed E-state index contributed by atoms with van der Waals surface area (Å²) < 4.78 is 10.8. The Bertz CT molecular complexity index is 1450. The molecule has 2 amide bonds. The fraction of sp³-hybridized carbons (Fsp3) is 0.500. The third kappa shape index (κ3) is 9.68. The van der Waals surface area contributed by atoms with E-state index in [4.69, 9.17) is 9.47 Å².